The van der Waals surface area contributed by atoms with Crippen molar-refractivity contribution < 1.29 is 14.2 Å². The summed E-state index contributed by atoms with van der Waals surface area (Å²) in [5.41, 5.74) is 2.39. The first-order valence-corrected chi connectivity index (χ1v) is 5.91. The summed E-state index contributed by atoms with van der Waals surface area (Å²) in [6.07, 6.45) is 0.409. The van der Waals surface area contributed by atoms with E-state index in [4.69, 9.17) is 14.2 Å². The Hall–Kier alpha value is -1.06. The molecule has 0 fully saturated rings. The number of methoxy groups -OCH3 is 2. The van der Waals surface area contributed by atoms with Crippen LogP contribution in [0.25, 0.3) is 0 Å². The highest BCUT2D eigenvalue weighted by atomic mass is 16.7. The molecule has 0 spiro atoms. The van der Waals surface area contributed by atoms with Gasteiger partial charge in [0.1, 0.15) is 11.9 Å². The van der Waals surface area contributed by atoms with Crippen LogP contribution in [0.15, 0.2) is 18.2 Å². The molecule has 0 bridgehead atoms. The second-order valence-corrected chi connectivity index (χ2v) is 4.23. The summed E-state index contributed by atoms with van der Waals surface area (Å²) in [6, 6.07) is 6.17. The van der Waals surface area contributed by atoms with Crippen LogP contribution in [0.3, 0.4) is 0 Å². The minimum Gasteiger partial charge on any atom is -0.485 e. The first-order valence-electron chi connectivity index (χ1n) is 5.91. The second-order valence-electron chi connectivity index (χ2n) is 4.23. The number of hydrogen-bond donors (Lipinski definition) is 0. The molecular weight excluding hydrogens is 216 g/mol. The summed E-state index contributed by atoms with van der Waals surface area (Å²) in [6.45, 7) is 6.17. The fraction of sp³-hybridized carbons (Fsp3) is 0.571. The van der Waals surface area contributed by atoms with Crippen LogP contribution in [0.2, 0.25) is 0 Å². The van der Waals surface area contributed by atoms with Crippen LogP contribution in [0, 0.1) is 13.8 Å². The smallest absolute Gasteiger partial charge is 0.194 e. The molecule has 0 aliphatic heterocycles. The normalized spacial score (nSPS) is 12.8. The molecule has 0 N–H and O–H groups in total. The number of rotatable bonds is 6. The Labute approximate surface area is 104 Å². The highest BCUT2D eigenvalue weighted by Gasteiger charge is 2.20. The summed E-state index contributed by atoms with van der Waals surface area (Å²) >= 11 is 0. The van der Waals surface area contributed by atoms with Gasteiger partial charge in [-0.15, -0.1) is 0 Å². The third kappa shape index (κ3) is 4.02. The van der Waals surface area contributed by atoms with Gasteiger partial charge < -0.3 is 14.2 Å². The van der Waals surface area contributed by atoms with E-state index < -0.39 is 0 Å². The zero-order chi connectivity index (χ0) is 12.8. The lowest BCUT2D eigenvalue weighted by Crippen LogP contribution is -2.34. The van der Waals surface area contributed by atoms with Crippen molar-refractivity contribution in [1.82, 2.24) is 0 Å². The highest BCUT2D eigenvalue weighted by Crippen LogP contribution is 2.20. The van der Waals surface area contributed by atoms with E-state index in [1.807, 2.05) is 12.1 Å². The van der Waals surface area contributed by atoms with Crippen molar-refractivity contribution in [1.29, 1.82) is 0 Å². The van der Waals surface area contributed by atoms with Gasteiger partial charge in [0.15, 0.2) is 6.29 Å². The molecule has 0 heterocycles. The number of hydrogen-bond acceptors (Lipinski definition) is 3. The summed E-state index contributed by atoms with van der Waals surface area (Å²) in [5, 5.41) is 0. The van der Waals surface area contributed by atoms with Crippen LogP contribution in [0.1, 0.15) is 24.5 Å². The van der Waals surface area contributed by atoms with Crippen LogP contribution in [-0.4, -0.2) is 26.6 Å². The first-order chi connectivity index (χ1) is 8.10. The standard InChI is InChI=1S/C14H22O3/c1-6-13(14(15-4)16-5)17-12-8-10(2)7-11(3)9-12/h7-9,13-14H,6H2,1-5H3. The minimum atomic E-state index is -0.333. The largest absolute Gasteiger partial charge is 0.485 e. The van der Waals surface area contributed by atoms with Crippen molar-refractivity contribution in [2.75, 3.05) is 14.2 Å². The monoisotopic (exact) mass is 238 g/mol. The van der Waals surface area contributed by atoms with E-state index in [1.165, 1.54) is 11.1 Å². The number of ether oxygens (including phenoxy) is 3. The molecular formula is C14H22O3. The van der Waals surface area contributed by atoms with Crippen molar-refractivity contribution in [2.45, 2.75) is 39.6 Å². The zero-order valence-corrected chi connectivity index (χ0v) is 11.3. The molecule has 0 radical (unpaired) electrons. The van der Waals surface area contributed by atoms with E-state index in [0.29, 0.717) is 0 Å². The van der Waals surface area contributed by atoms with Gasteiger partial charge in [0.2, 0.25) is 0 Å². The van der Waals surface area contributed by atoms with Gasteiger partial charge in [0.05, 0.1) is 0 Å². The van der Waals surface area contributed by atoms with Crippen LogP contribution in [-0.2, 0) is 9.47 Å². The van der Waals surface area contributed by atoms with E-state index in [0.717, 1.165) is 12.2 Å². The minimum absolute atomic E-state index is 0.0915. The molecule has 0 aliphatic carbocycles. The Kier molecular flexibility index (Phi) is 5.45. The fourth-order valence-corrected chi connectivity index (χ4v) is 1.91. The Morgan fingerprint density at radius 2 is 1.53 bits per heavy atom. The molecule has 1 aromatic carbocycles. The third-order valence-electron chi connectivity index (χ3n) is 2.65. The molecule has 1 rings (SSSR count). The van der Waals surface area contributed by atoms with Gasteiger partial charge in [-0.25, -0.2) is 0 Å². The SMILES string of the molecule is CCC(Oc1cc(C)cc(C)c1)C(OC)OC. The van der Waals surface area contributed by atoms with Gasteiger partial charge in [0.25, 0.3) is 0 Å². The van der Waals surface area contributed by atoms with Crippen molar-refractivity contribution in [3.8, 4) is 5.75 Å². The van der Waals surface area contributed by atoms with E-state index in [1.54, 1.807) is 14.2 Å². The quantitative estimate of drug-likeness (QED) is 0.713. The number of aryl methyl sites for hydroxylation is 2. The van der Waals surface area contributed by atoms with Crippen LogP contribution >= 0.6 is 0 Å². The topological polar surface area (TPSA) is 27.7 Å². The molecule has 0 aliphatic rings. The Morgan fingerprint density at radius 1 is 1.00 bits per heavy atom. The maximum atomic E-state index is 5.92. The predicted molar refractivity (Wildman–Crippen MR) is 68.4 cm³/mol. The Bertz CT molecular complexity index is 325. The lowest BCUT2D eigenvalue weighted by molar-refractivity contribution is -0.156. The van der Waals surface area contributed by atoms with Crippen molar-refractivity contribution in [3.63, 3.8) is 0 Å². The summed E-state index contributed by atoms with van der Waals surface area (Å²) in [7, 11) is 3.25. The number of benzene rings is 1. The second kappa shape index (κ2) is 6.62. The molecule has 17 heavy (non-hydrogen) atoms. The van der Waals surface area contributed by atoms with Crippen molar-refractivity contribution in [3.05, 3.63) is 29.3 Å². The maximum Gasteiger partial charge on any atom is 0.194 e. The van der Waals surface area contributed by atoms with Crippen LogP contribution in [0.5, 0.6) is 5.75 Å². The molecule has 0 saturated carbocycles. The Morgan fingerprint density at radius 3 is 1.94 bits per heavy atom. The fourth-order valence-electron chi connectivity index (χ4n) is 1.91. The lowest BCUT2D eigenvalue weighted by atomic mass is 10.1. The molecule has 0 amide bonds. The molecule has 3 nitrogen and oxygen atoms in total. The molecule has 1 atom stereocenters. The average molecular weight is 238 g/mol. The van der Waals surface area contributed by atoms with Crippen LogP contribution < -0.4 is 4.74 Å². The molecule has 1 unspecified atom stereocenters. The average Bonchev–Trinajstić information content (AvgIpc) is 2.27. The predicted octanol–water partition coefficient (Wildman–Crippen LogP) is 3.08. The van der Waals surface area contributed by atoms with Gasteiger partial charge >= 0.3 is 0 Å². The van der Waals surface area contributed by atoms with Crippen LogP contribution in [0.4, 0.5) is 0 Å². The molecule has 0 aromatic heterocycles. The lowest BCUT2D eigenvalue weighted by Gasteiger charge is -2.25. The third-order valence-corrected chi connectivity index (χ3v) is 2.65. The molecule has 0 saturated heterocycles. The highest BCUT2D eigenvalue weighted by molar-refractivity contribution is 5.33. The van der Waals surface area contributed by atoms with Crippen molar-refractivity contribution >= 4 is 0 Å². The van der Waals surface area contributed by atoms with E-state index in [2.05, 4.69) is 26.8 Å². The van der Waals surface area contributed by atoms with Gasteiger partial charge in [-0.05, 0) is 43.5 Å². The summed E-state index contributed by atoms with van der Waals surface area (Å²) in [5.74, 6) is 0.869. The first kappa shape index (κ1) is 14.0. The molecule has 1 aromatic rings. The maximum absolute atomic E-state index is 5.92. The van der Waals surface area contributed by atoms with Gasteiger partial charge in [-0.1, -0.05) is 13.0 Å². The van der Waals surface area contributed by atoms with Gasteiger partial charge in [-0.2, -0.15) is 0 Å². The van der Waals surface area contributed by atoms with Gasteiger partial charge in [0, 0.05) is 14.2 Å². The zero-order valence-electron chi connectivity index (χ0n) is 11.3. The summed E-state index contributed by atoms with van der Waals surface area (Å²) < 4.78 is 16.4. The summed E-state index contributed by atoms with van der Waals surface area (Å²) in [4.78, 5) is 0. The van der Waals surface area contributed by atoms with E-state index in [9.17, 15) is 0 Å². The van der Waals surface area contributed by atoms with Gasteiger partial charge in [-0.3, -0.25) is 0 Å². The molecule has 96 valence electrons. The van der Waals surface area contributed by atoms with E-state index in [-0.39, 0.29) is 12.4 Å². The molecule has 3 heteroatoms. The van der Waals surface area contributed by atoms with E-state index >= 15 is 0 Å². The Balaban J connectivity index is 2.79. The van der Waals surface area contributed by atoms with Crippen molar-refractivity contribution in [2.24, 2.45) is 0 Å².